The van der Waals surface area contributed by atoms with Crippen LogP contribution in [0.25, 0.3) is 0 Å². The van der Waals surface area contributed by atoms with Crippen molar-refractivity contribution in [3.8, 4) is 0 Å². The molecule has 0 spiro atoms. The maximum atomic E-state index is 13.0. The van der Waals surface area contributed by atoms with Crippen molar-refractivity contribution >= 4 is 21.9 Å². The average molecular weight is 457 g/mol. The number of hydrogen-bond acceptors (Lipinski definition) is 5. The van der Waals surface area contributed by atoms with Crippen molar-refractivity contribution in [3.05, 3.63) is 65.2 Å². The molecule has 2 aliphatic rings. The Morgan fingerprint density at radius 2 is 1.59 bits per heavy atom. The fourth-order valence-electron chi connectivity index (χ4n) is 4.23. The molecule has 0 unspecified atom stereocenters. The van der Waals surface area contributed by atoms with Crippen LogP contribution >= 0.6 is 0 Å². The first-order valence-corrected chi connectivity index (χ1v) is 12.5. The molecule has 1 amide bonds. The van der Waals surface area contributed by atoms with Gasteiger partial charge in [0.05, 0.1) is 10.5 Å². The van der Waals surface area contributed by atoms with Crippen LogP contribution in [0.4, 0.5) is 0 Å². The van der Waals surface area contributed by atoms with Gasteiger partial charge in [-0.3, -0.25) is 4.79 Å². The minimum Gasteiger partial charge on any atom is -0.452 e. The summed E-state index contributed by atoms with van der Waals surface area (Å²) in [7, 11) is -3.67. The molecule has 170 valence electrons. The van der Waals surface area contributed by atoms with Gasteiger partial charge in [0, 0.05) is 26.2 Å². The van der Waals surface area contributed by atoms with Gasteiger partial charge in [0.2, 0.25) is 10.0 Å². The molecule has 0 atom stereocenters. The molecular formula is C24H28N2O5S. The van der Waals surface area contributed by atoms with Gasteiger partial charge < -0.3 is 9.64 Å². The summed E-state index contributed by atoms with van der Waals surface area (Å²) in [5.74, 6) is -0.968. The summed E-state index contributed by atoms with van der Waals surface area (Å²) in [5, 5.41) is 0. The maximum absolute atomic E-state index is 13.0. The summed E-state index contributed by atoms with van der Waals surface area (Å²) >= 11 is 0. The van der Waals surface area contributed by atoms with Gasteiger partial charge in [-0.1, -0.05) is 43.2 Å². The third-order valence-corrected chi connectivity index (χ3v) is 7.98. The predicted octanol–water partition coefficient (Wildman–Crippen LogP) is 2.99. The quantitative estimate of drug-likeness (QED) is 0.646. The van der Waals surface area contributed by atoms with E-state index in [0.29, 0.717) is 26.2 Å². The highest BCUT2D eigenvalue weighted by Gasteiger charge is 2.26. The molecule has 2 aromatic carbocycles. The minimum atomic E-state index is -3.67. The van der Waals surface area contributed by atoms with Crippen LogP contribution in [0.1, 0.15) is 47.2 Å². The van der Waals surface area contributed by atoms with Crippen molar-refractivity contribution in [1.82, 2.24) is 9.21 Å². The molecule has 0 bridgehead atoms. The van der Waals surface area contributed by atoms with E-state index in [1.54, 1.807) is 4.90 Å². The second-order valence-electron chi connectivity index (χ2n) is 8.26. The van der Waals surface area contributed by atoms with E-state index in [9.17, 15) is 18.0 Å². The van der Waals surface area contributed by atoms with Gasteiger partial charge in [0.15, 0.2) is 6.61 Å². The van der Waals surface area contributed by atoms with Crippen molar-refractivity contribution in [2.75, 3.05) is 26.2 Å². The molecule has 1 fully saturated rings. The van der Waals surface area contributed by atoms with Crippen molar-refractivity contribution in [2.45, 2.75) is 43.5 Å². The van der Waals surface area contributed by atoms with Gasteiger partial charge in [-0.15, -0.1) is 0 Å². The van der Waals surface area contributed by atoms with E-state index in [1.165, 1.54) is 34.1 Å². The summed E-state index contributed by atoms with van der Waals surface area (Å²) in [4.78, 5) is 26.8. The minimum absolute atomic E-state index is 0.0767. The molecule has 0 radical (unpaired) electrons. The smallest absolute Gasteiger partial charge is 0.338 e. The van der Waals surface area contributed by atoms with E-state index in [-0.39, 0.29) is 23.0 Å². The Morgan fingerprint density at radius 1 is 0.875 bits per heavy atom. The molecular weight excluding hydrogens is 428 g/mol. The van der Waals surface area contributed by atoms with E-state index < -0.39 is 16.0 Å². The molecule has 1 saturated heterocycles. The van der Waals surface area contributed by atoms with E-state index in [1.807, 2.05) is 18.2 Å². The molecule has 0 aromatic heterocycles. The second-order valence-corrected chi connectivity index (χ2v) is 10.2. The number of ether oxygens (including phenoxy) is 1. The molecule has 0 saturated carbocycles. The molecule has 32 heavy (non-hydrogen) atoms. The molecule has 2 aromatic rings. The van der Waals surface area contributed by atoms with Crippen LogP contribution in [0.5, 0.6) is 0 Å². The molecule has 4 rings (SSSR count). The zero-order valence-corrected chi connectivity index (χ0v) is 18.9. The fraction of sp³-hybridized carbons (Fsp3) is 0.417. The number of amides is 1. The van der Waals surface area contributed by atoms with E-state index in [2.05, 4.69) is 6.07 Å². The van der Waals surface area contributed by atoms with Gasteiger partial charge >= 0.3 is 5.97 Å². The fourth-order valence-corrected chi connectivity index (χ4v) is 5.79. The first-order chi connectivity index (χ1) is 15.4. The lowest BCUT2D eigenvalue weighted by molar-refractivity contribution is -0.135. The Morgan fingerprint density at radius 3 is 2.34 bits per heavy atom. The SMILES string of the molecule is O=C(OCC(=O)N1CCc2ccccc2C1)c1cccc(S(=O)(=O)N2CCCCCC2)c1. The Hall–Kier alpha value is -2.71. The highest BCUT2D eigenvalue weighted by atomic mass is 32.2. The number of hydrogen-bond donors (Lipinski definition) is 0. The normalized spacial score (nSPS) is 17.3. The third kappa shape index (κ3) is 5.02. The number of esters is 1. The third-order valence-electron chi connectivity index (χ3n) is 6.08. The topological polar surface area (TPSA) is 84.0 Å². The van der Waals surface area contributed by atoms with E-state index in [4.69, 9.17) is 4.74 Å². The van der Waals surface area contributed by atoms with Gasteiger partial charge in [0.1, 0.15) is 0 Å². The largest absolute Gasteiger partial charge is 0.452 e. The second kappa shape index (κ2) is 9.83. The number of rotatable bonds is 5. The average Bonchev–Trinajstić information content (AvgIpc) is 3.12. The lowest BCUT2D eigenvalue weighted by Gasteiger charge is -2.28. The van der Waals surface area contributed by atoms with E-state index in [0.717, 1.165) is 37.7 Å². The number of sulfonamides is 1. The summed E-state index contributed by atoms with van der Waals surface area (Å²) in [6, 6.07) is 13.9. The van der Waals surface area contributed by atoms with Crippen LogP contribution in [-0.2, 0) is 32.5 Å². The van der Waals surface area contributed by atoms with Crippen LogP contribution in [0.15, 0.2) is 53.4 Å². The molecule has 2 heterocycles. The number of carbonyl (C=O) groups excluding carboxylic acids is 2. The number of carbonyl (C=O) groups is 2. The highest BCUT2D eigenvalue weighted by molar-refractivity contribution is 7.89. The molecule has 8 heteroatoms. The summed E-state index contributed by atoms with van der Waals surface area (Å²) in [6.45, 7) is 1.69. The van der Waals surface area contributed by atoms with Crippen molar-refractivity contribution in [1.29, 1.82) is 0 Å². The zero-order valence-electron chi connectivity index (χ0n) is 18.0. The van der Waals surface area contributed by atoms with Crippen LogP contribution in [0, 0.1) is 0 Å². The van der Waals surface area contributed by atoms with Crippen LogP contribution in [-0.4, -0.2) is 55.7 Å². The molecule has 7 nitrogen and oxygen atoms in total. The monoisotopic (exact) mass is 456 g/mol. The summed E-state index contributed by atoms with van der Waals surface area (Å²) in [5.41, 5.74) is 2.46. The Bertz CT molecular complexity index is 1090. The predicted molar refractivity (Wildman–Crippen MR) is 120 cm³/mol. The summed E-state index contributed by atoms with van der Waals surface area (Å²) in [6.07, 6.45) is 4.49. The van der Waals surface area contributed by atoms with Crippen molar-refractivity contribution in [2.24, 2.45) is 0 Å². The molecule has 0 N–H and O–H groups in total. The first-order valence-electron chi connectivity index (χ1n) is 11.1. The van der Waals surface area contributed by atoms with Crippen molar-refractivity contribution in [3.63, 3.8) is 0 Å². The van der Waals surface area contributed by atoms with Gasteiger partial charge in [0.25, 0.3) is 5.91 Å². The number of benzene rings is 2. The van der Waals surface area contributed by atoms with Gasteiger partial charge in [-0.25, -0.2) is 13.2 Å². The standard InChI is InChI=1S/C24H28N2O5S/c27-23(25-15-12-19-8-3-4-9-21(19)17-25)18-31-24(28)20-10-7-11-22(16-20)32(29,30)26-13-5-1-2-6-14-26/h3-4,7-11,16H,1-2,5-6,12-15,17-18H2. The van der Waals surface area contributed by atoms with E-state index >= 15 is 0 Å². The van der Waals surface area contributed by atoms with Crippen LogP contribution < -0.4 is 0 Å². The van der Waals surface area contributed by atoms with Crippen LogP contribution in [0.2, 0.25) is 0 Å². The Kier molecular flexibility index (Phi) is 6.91. The number of fused-ring (bicyclic) bond motifs is 1. The van der Waals surface area contributed by atoms with Crippen LogP contribution in [0.3, 0.4) is 0 Å². The molecule has 0 aliphatic carbocycles. The maximum Gasteiger partial charge on any atom is 0.338 e. The summed E-state index contributed by atoms with van der Waals surface area (Å²) < 4.78 is 32.7. The lowest BCUT2D eigenvalue weighted by atomic mass is 10.00. The molecule has 2 aliphatic heterocycles. The Labute approximate surface area is 189 Å². The Balaban J connectivity index is 1.38. The zero-order chi connectivity index (χ0) is 22.6. The first kappa shape index (κ1) is 22.5. The number of nitrogens with zero attached hydrogens (tertiary/aromatic N) is 2. The van der Waals surface area contributed by atoms with Gasteiger partial charge in [-0.05, 0) is 48.6 Å². The van der Waals surface area contributed by atoms with Crippen molar-refractivity contribution < 1.29 is 22.7 Å². The highest BCUT2D eigenvalue weighted by Crippen LogP contribution is 2.22. The lowest BCUT2D eigenvalue weighted by Crippen LogP contribution is -2.38. The van der Waals surface area contributed by atoms with Gasteiger partial charge in [-0.2, -0.15) is 4.31 Å².